The summed E-state index contributed by atoms with van der Waals surface area (Å²) in [7, 11) is 0. The predicted octanol–water partition coefficient (Wildman–Crippen LogP) is 2.24. The van der Waals surface area contributed by atoms with Crippen LogP contribution in [0, 0.1) is 0 Å². The summed E-state index contributed by atoms with van der Waals surface area (Å²) in [6.07, 6.45) is -0.590. The van der Waals surface area contributed by atoms with Crippen LogP contribution >= 0.6 is 0 Å². The molecule has 0 radical (unpaired) electrons. The molecule has 3 rings (SSSR count). The Bertz CT molecular complexity index is 1020. The summed E-state index contributed by atoms with van der Waals surface area (Å²) in [4.78, 5) is 36.0. The molecule has 34 heavy (non-hydrogen) atoms. The number of amides is 1. The van der Waals surface area contributed by atoms with Crippen molar-refractivity contribution in [3.8, 4) is 11.1 Å². The van der Waals surface area contributed by atoms with Crippen LogP contribution in [0.5, 0.6) is 0 Å². The number of esters is 1. The number of fused-ring (bicyclic) bond motifs is 3. The maximum absolute atomic E-state index is 12.2. The van der Waals surface area contributed by atoms with Crippen molar-refractivity contribution in [3.05, 3.63) is 59.7 Å². The lowest BCUT2D eigenvalue weighted by Gasteiger charge is -2.28. The van der Waals surface area contributed by atoms with Crippen LogP contribution in [0.2, 0.25) is 0 Å². The fourth-order valence-corrected chi connectivity index (χ4v) is 3.79. The normalized spacial score (nSPS) is 14.5. The molecule has 9 nitrogen and oxygen atoms in total. The molecule has 0 unspecified atom stereocenters. The minimum atomic E-state index is -2.24. The zero-order valence-electron chi connectivity index (χ0n) is 19.6. The highest BCUT2D eigenvalue weighted by Gasteiger charge is 2.45. The van der Waals surface area contributed by atoms with Crippen LogP contribution < -0.4 is 16.4 Å². The van der Waals surface area contributed by atoms with Crippen molar-refractivity contribution in [1.82, 2.24) is 10.6 Å². The third-order valence-corrected chi connectivity index (χ3v) is 5.46. The molecule has 0 saturated carbocycles. The molecule has 5 N–H and O–H groups in total. The van der Waals surface area contributed by atoms with E-state index >= 15 is 0 Å². The number of carboxylic acid groups (broad SMARTS) is 1. The third kappa shape index (κ3) is 5.73. The van der Waals surface area contributed by atoms with Crippen LogP contribution in [0.4, 0.5) is 4.79 Å². The van der Waals surface area contributed by atoms with Crippen LogP contribution in [0.15, 0.2) is 48.5 Å². The molecule has 1 aliphatic rings. The van der Waals surface area contributed by atoms with Crippen molar-refractivity contribution in [2.45, 2.75) is 37.8 Å². The van der Waals surface area contributed by atoms with Crippen molar-refractivity contribution in [3.63, 3.8) is 0 Å². The molecule has 0 heterocycles. The van der Waals surface area contributed by atoms with Gasteiger partial charge in [-0.1, -0.05) is 48.5 Å². The summed E-state index contributed by atoms with van der Waals surface area (Å²) in [5.74, 6) is -2.58. The Morgan fingerprint density at radius 1 is 0.971 bits per heavy atom. The lowest BCUT2D eigenvalue weighted by molar-refractivity contribution is -0.168. The summed E-state index contributed by atoms with van der Waals surface area (Å²) in [5, 5.41) is 14.8. The molecule has 182 valence electrons. The number of nitrogens with one attached hydrogen (secondary N) is 2. The molecule has 1 amide bonds. The number of alkyl carbamates (subject to hydrolysis) is 1. The van der Waals surface area contributed by atoms with Crippen LogP contribution in [-0.4, -0.2) is 60.5 Å². The average molecular weight is 470 g/mol. The van der Waals surface area contributed by atoms with Gasteiger partial charge in [0, 0.05) is 25.6 Å². The van der Waals surface area contributed by atoms with Crippen molar-refractivity contribution in [2.24, 2.45) is 5.73 Å². The van der Waals surface area contributed by atoms with Gasteiger partial charge < -0.3 is 30.9 Å². The van der Waals surface area contributed by atoms with E-state index in [2.05, 4.69) is 22.8 Å². The van der Waals surface area contributed by atoms with Gasteiger partial charge in [0.25, 0.3) is 0 Å². The van der Waals surface area contributed by atoms with Crippen LogP contribution in [0.25, 0.3) is 11.1 Å². The van der Waals surface area contributed by atoms with Gasteiger partial charge in [0.05, 0.1) is 0 Å². The zero-order chi connectivity index (χ0) is 24.9. The van der Waals surface area contributed by atoms with Gasteiger partial charge in [-0.05, 0) is 43.0 Å². The highest BCUT2D eigenvalue weighted by molar-refractivity contribution is 6.04. The summed E-state index contributed by atoms with van der Waals surface area (Å²) in [6, 6.07) is 16.1. The SMILES string of the molecule is CC(C)(C)OC(=O)[C@](N)(CNCCNC(=O)OCC1c2ccccc2-c2ccccc21)C(=O)O. The van der Waals surface area contributed by atoms with E-state index in [0.717, 1.165) is 22.3 Å². The second kappa shape index (κ2) is 10.2. The number of carbonyl (C=O) groups is 3. The standard InChI is InChI=1S/C25H31N3O6/c1-24(2,3)34-22(31)25(26,21(29)30)15-27-12-13-28-23(32)33-14-20-18-10-6-4-8-16(18)17-9-5-7-11-19(17)20/h4-11,20,27H,12-15,26H2,1-3H3,(H,28,32)(H,29,30)/t25-/m0/s1. The monoisotopic (exact) mass is 469 g/mol. The minimum Gasteiger partial charge on any atom is -0.479 e. The first-order chi connectivity index (χ1) is 16.0. The van der Waals surface area contributed by atoms with E-state index in [0.29, 0.717) is 0 Å². The van der Waals surface area contributed by atoms with Gasteiger partial charge in [0.1, 0.15) is 12.2 Å². The molecule has 0 bridgehead atoms. The van der Waals surface area contributed by atoms with Gasteiger partial charge >= 0.3 is 18.0 Å². The number of benzene rings is 2. The molecule has 0 fully saturated rings. The van der Waals surface area contributed by atoms with E-state index in [1.807, 2.05) is 36.4 Å². The van der Waals surface area contributed by atoms with E-state index in [9.17, 15) is 19.5 Å². The summed E-state index contributed by atoms with van der Waals surface area (Å²) in [5.41, 5.74) is 7.19. The zero-order valence-corrected chi connectivity index (χ0v) is 19.6. The molecular weight excluding hydrogens is 438 g/mol. The minimum absolute atomic E-state index is 0.0430. The van der Waals surface area contributed by atoms with E-state index < -0.39 is 29.2 Å². The number of hydrogen-bond donors (Lipinski definition) is 4. The molecule has 2 aromatic carbocycles. The third-order valence-electron chi connectivity index (χ3n) is 5.46. The Morgan fingerprint density at radius 2 is 1.53 bits per heavy atom. The molecule has 0 aliphatic heterocycles. The molecule has 2 aromatic rings. The average Bonchev–Trinajstić information content (AvgIpc) is 3.09. The van der Waals surface area contributed by atoms with Crippen LogP contribution in [-0.2, 0) is 19.1 Å². The first-order valence-electron chi connectivity index (χ1n) is 11.1. The van der Waals surface area contributed by atoms with Gasteiger partial charge in [-0.2, -0.15) is 0 Å². The Hall–Kier alpha value is -3.43. The topological polar surface area (TPSA) is 140 Å². The van der Waals surface area contributed by atoms with Gasteiger partial charge in [-0.3, -0.25) is 0 Å². The fraction of sp³-hybridized carbons (Fsp3) is 0.400. The van der Waals surface area contributed by atoms with E-state index in [4.69, 9.17) is 15.2 Å². The number of carbonyl (C=O) groups excluding carboxylic acids is 2. The molecule has 1 atom stereocenters. The van der Waals surface area contributed by atoms with Gasteiger partial charge in [-0.25, -0.2) is 14.4 Å². The number of nitrogens with two attached hydrogens (primary N) is 1. The molecule has 9 heteroatoms. The summed E-state index contributed by atoms with van der Waals surface area (Å²) in [6.45, 7) is 5.04. The number of rotatable bonds is 9. The Labute approximate surface area is 198 Å². The number of ether oxygens (including phenoxy) is 2. The van der Waals surface area contributed by atoms with Gasteiger partial charge in [0.15, 0.2) is 0 Å². The molecule has 0 spiro atoms. The highest BCUT2D eigenvalue weighted by Crippen LogP contribution is 2.44. The Morgan fingerprint density at radius 3 is 2.06 bits per heavy atom. The van der Waals surface area contributed by atoms with Crippen molar-refractivity contribution >= 4 is 18.0 Å². The molecule has 0 saturated heterocycles. The number of hydrogen-bond acceptors (Lipinski definition) is 7. The quantitative estimate of drug-likeness (QED) is 0.249. The molecular formula is C25H31N3O6. The summed E-state index contributed by atoms with van der Waals surface area (Å²) >= 11 is 0. The van der Waals surface area contributed by atoms with E-state index in [1.54, 1.807) is 20.8 Å². The van der Waals surface area contributed by atoms with Gasteiger partial charge in [-0.15, -0.1) is 0 Å². The first-order valence-corrected chi connectivity index (χ1v) is 11.1. The van der Waals surface area contributed by atoms with E-state index in [-0.39, 0.29) is 32.2 Å². The molecule has 1 aliphatic carbocycles. The van der Waals surface area contributed by atoms with Crippen LogP contribution in [0.3, 0.4) is 0 Å². The second-order valence-electron chi connectivity index (χ2n) is 9.21. The second-order valence-corrected chi connectivity index (χ2v) is 9.21. The van der Waals surface area contributed by atoms with Crippen molar-refractivity contribution in [2.75, 3.05) is 26.2 Å². The smallest absolute Gasteiger partial charge is 0.407 e. The highest BCUT2D eigenvalue weighted by atomic mass is 16.6. The number of carboxylic acids is 1. The fourth-order valence-electron chi connectivity index (χ4n) is 3.79. The Balaban J connectivity index is 1.46. The number of aliphatic carboxylic acids is 1. The maximum Gasteiger partial charge on any atom is 0.407 e. The van der Waals surface area contributed by atoms with Crippen molar-refractivity contribution < 1.29 is 29.0 Å². The lowest BCUT2D eigenvalue weighted by Crippen LogP contribution is -2.63. The first kappa shape index (κ1) is 25.2. The Kier molecular flexibility index (Phi) is 7.58. The predicted molar refractivity (Wildman–Crippen MR) is 126 cm³/mol. The lowest BCUT2D eigenvalue weighted by atomic mass is 9.98. The molecule has 0 aromatic heterocycles. The van der Waals surface area contributed by atoms with E-state index in [1.165, 1.54) is 0 Å². The van der Waals surface area contributed by atoms with Crippen LogP contribution in [0.1, 0.15) is 37.8 Å². The largest absolute Gasteiger partial charge is 0.479 e. The van der Waals surface area contributed by atoms with Gasteiger partial charge in [0.2, 0.25) is 5.54 Å². The maximum atomic E-state index is 12.2. The van der Waals surface area contributed by atoms with Crippen molar-refractivity contribution in [1.29, 1.82) is 0 Å². The summed E-state index contributed by atoms with van der Waals surface area (Å²) < 4.78 is 10.6.